The molecule has 2 heterocycles. The van der Waals surface area contributed by atoms with Gasteiger partial charge in [0.1, 0.15) is 12.0 Å². The highest BCUT2D eigenvalue weighted by Crippen LogP contribution is 2.37. The van der Waals surface area contributed by atoms with E-state index in [1.54, 1.807) is 11.1 Å². The van der Waals surface area contributed by atoms with Crippen LogP contribution in [0.15, 0.2) is 66.9 Å². The van der Waals surface area contributed by atoms with Gasteiger partial charge in [-0.1, -0.05) is 49.4 Å². The van der Waals surface area contributed by atoms with Gasteiger partial charge in [0.25, 0.3) is 5.91 Å². The van der Waals surface area contributed by atoms with E-state index in [2.05, 4.69) is 29.4 Å². The Labute approximate surface area is 153 Å². The van der Waals surface area contributed by atoms with E-state index in [4.69, 9.17) is 0 Å². The lowest BCUT2D eigenvalue weighted by Gasteiger charge is -2.27. The van der Waals surface area contributed by atoms with Gasteiger partial charge in [0.2, 0.25) is 0 Å². The first-order valence-corrected chi connectivity index (χ1v) is 8.88. The van der Waals surface area contributed by atoms with Crippen molar-refractivity contribution in [3.05, 3.63) is 89.1 Å². The van der Waals surface area contributed by atoms with E-state index >= 15 is 0 Å². The van der Waals surface area contributed by atoms with Crippen LogP contribution in [0.2, 0.25) is 0 Å². The first-order valence-electron chi connectivity index (χ1n) is 8.88. The molecule has 0 radical (unpaired) electrons. The van der Waals surface area contributed by atoms with Crippen LogP contribution in [0.1, 0.15) is 40.1 Å². The highest BCUT2D eigenvalue weighted by Gasteiger charge is 2.38. The predicted molar refractivity (Wildman–Crippen MR) is 104 cm³/mol. The van der Waals surface area contributed by atoms with E-state index in [0.717, 1.165) is 28.8 Å². The normalized spacial score (nSPS) is 15.8. The fourth-order valence-electron chi connectivity index (χ4n) is 3.41. The molecule has 2 aromatic carbocycles. The Morgan fingerprint density at radius 2 is 1.81 bits per heavy atom. The molecule has 0 aliphatic carbocycles. The summed E-state index contributed by atoms with van der Waals surface area (Å²) < 4.78 is 0. The number of nitrogens with zero attached hydrogens (tertiary/aromatic N) is 2. The third kappa shape index (κ3) is 2.73. The van der Waals surface area contributed by atoms with E-state index in [1.165, 1.54) is 5.56 Å². The van der Waals surface area contributed by atoms with Gasteiger partial charge in [-0.15, -0.1) is 0 Å². The second-order valence-corrected chi connectivity index (χ2v) is 6.51. The zero-order valence-electron chi connectivity index (χ0n) is 14.9. The summed E-state index contributed by atoms with van der Waals surface area (Å²) in [4.78, 5) is 19.3. The van der Waals surface area contributed by atoms with Gasteiger partial charge in [0.05, 0.1) is 0 Å². The molecule has 3 aromatic rings. The summed E-state index contributed by atoms with van der Waals surface area (Å²) >= 11 is 0. The van der Waals surface area contributed by atoms with Gasteiger partial charge in [-0.3, -0.25) is 9.69 Å². The standard InChI is InChI=1S/C22H21N3O/c1-3-16-8-4-7-11-19(16)24-21-17-9-5-6-10-18(17)22(26)25(21)20-13-12-15(2)14-23-20/h4-14,21,24H,3H2,1-2H3/t21-/m1/s1. The number of carbonyl (C=O) groups excluding carboxylic acids is 1. The van der Waals surface area contributed by atoms with Gasteiger partial charge in [0, 0.05) is 23.0 Å². The minimum absolute atomic E-state index is 0.0246. The van der Waals surface area contributed by atoms with E-state index in [-0.39, 0.29) is 12.1 Å². The molecule has 4 rings (SSSR count). The summed E-state index contributed by atoms with van der Waals surface area (Å²) in [6.45, 7) is 4.12. The lowest BCUT2D eigenvalue weighted by atomic mass is 10.1. The van der Waals surface area contributed by atoms with Crippen molar-refractivity contribution < 1.29 is 4.79 Å². The third-order valence-corrected chi connectivity index (χ3v) is 4.80. The Hall–Kier alpha value is -3.14. The SMILES string of the molecule is CCc1ccccc1N[C@H]1c2ccccc2C(=O)N1c1ccc(C)cn1. The molecule has 4 nitrogen and oxygen atoms in total. The minimum atomic E-state index is -0.276. The van der Waals surface area contributed by atoms with Crippen LogP contribution in [0, 0.1) is 6.92 Å². The summed E-state index contributed by atoms with van der Waals surface area (Å²) in [5, 5.41) is 3.58. The number of carbonyl (C=O) groups is 1. The number of para-hydroxylation sites is 1. The molecule has 130 valence electrons. The van der Waals surface area contributed by atoms with Crippen LogP contribution in [0.5, 0.6) is 0 Å². The maximum atomic E-state index is 13.1. The van der Waals surface area contributed by atoms with Gasteiger partial charge >= 0.3 is 0 Å². The molecule has 0 saturated carbocycles. The van der Waals surface area contributed by atoms with E-state index in [9.17, 15) is 4.79 Å². The van der Waals surface area contributed by atoms with Gasteiger partial charge < -0.3 is 5.32 Å². The monoisotopic (exact) mass is 343 g/mol. The van der Waals surface area contributed by atoms with E-state index in [0.29, 0.717) is 5.82 Å². The number of rotatable bonds is 4. The van der Waals surface area contributed by atoms with E-state index in [1.807, 2.05) is 55.5 Å². The fourth-order valence-corrected chi connectivity index (χ4v) is 3.41. The summed E-state index contributed by atoms with van der Waals surface area (Å²) in [6, 6.07) is 19.9. The lowest BCUT2D eigenvalue weighted by molar-refractivity contribution is 0.0992. The Kier molecular flexibility index (Phi) is 4.17. The number of nitrogens with one attached hydrogen (secondary N) is 1. The van der Waals surface area contributed by atoms with Gasteiger partial charge in [-0.25, -0.2) is 4.98 Å². The molecule has 1 amide bonds. The molecule has 1 atom stereocenters. The topological polar surface area (TPSA) is 45.2 Å². The average Bonchev–Trinajstić information content (AvgIpc) is 2.95. The third-order valence-electron chi connectivity index (χ3n) is 4.80. The van der Waals surface area contributed by atoms with Crippen molar-refractivity contribution in [1.29, 1.82) is 0 Å². The molecule has 0 fully saturated rings. The first-order chi connectivity index (χ1) is 12.7. The summed E-state index contributed by atoms with van der Waals surface area (Å²) in [7, 11) is 0. The van der Waals surface area contributed by atoms with Crippen molar-refractivity contribution in [2.24, 2.45) is 0 Å². The van der Waals surface area contributed by atoms with Crippen molar-refractivity contribution in [2.45, 2.75) is 26.4 Å². The average molecular weight is 343 g/mol. The number of benzene rings is 2. The Morgan fingerprint density at radius 1 is 1.04 bits per heavy atom. The lowest BCUT2D eigenvalue weighted by Crippen LogP contribution is -2.33. The Balaban J connectivity index is 1.79. The van der Waals surface area contributed by atoms with Crippen molar-refractivity contribution in [2.75, 3.05) is 10.2 Å². The molecule has 0 bridgehead atoms. The largest absolute Gasteiger partial charge is 0.361 e. The maximum absolute atomic E-state index is 13.1. The van der Waals surface area contributed by atoms with Gasteiger partial charge in [0.15, 0.2) is 0 Å². The molecule has 0 unspecified atom stereocenters. The smallest absolute Gasteiger partial charge is 0.261 e. The van der Waals surface area contributed by atoms with Crippen LogP contribution in [-0.4, -0.2) is 10.9 Å². The zero-order valence-corrected chi connectivity index (χ0v) is 14.9. The van der Waals surface area contributed by atoms with Crippen molar-refractivity contribution >= 4 is 17.4 Å². The number of fused-ring (bicyclic) bond motifs is 1. The Morgan fingerprint density at radius 3 is 2.58 bits per heavy atom. The number of amides is 1. The highest BCUT2D eigenvalue weighted by molar-refractivity contribution is 6.11. The van der Waals surface area contributed by atoms with Gasteiger partial charge in [-0.2, -0.15) is 0 Å². The van der Waals surface area contributed by atoms with Crippen molar-refractivity contribution in [3.63, 3.8) is 0 Å². The number of aromatic nitrogens is 1. The predicted octanol–water partition coefficient (Wildman–Crippen LogP) is 4.72. The van der Waals surface area contributed by atoms with Crippen molar-refractivity contribution in [3.8, 4) is 0 Å². The van der Waals surface area contributed by atoms with E-state index < -0.39 is 0 Å². The molecule has 26 heavy (non-hydrogen) atoms. The Bertz CT molecular complexity index is 950. The molecular formula is C22H21N3O. The molecule has 1 N–H and O–H groups in total. The van der Waals surface area contributed by atoms with Gasteiger partial charge in [-0.05, 0) is 42.7 Å². The highest BCUT2D eigenvalue weighted by atomic mass is 16.2. The first kappa shape index (κ1) is 16.3. The summed E-state index contributed by atoms with van der Waals surface area (Å²) in [6.07, 6.45) is 2.44. The summed E-state index contributed by atoms with van der Waals surface area (Å²) in [5.41, 5.74) is 5.04. The molecule has 4 heteroatoms. The quantitative estimate of drug-likeness (QED) is 0.745. The number of pyridine rings is 1. The van der Waals surface area contributed by atoms with Crippen LogP contribution in [0.4, 0.5) is 11.5 Å². The number of hydrogen-bond acceptors (Lipinski definition) is 3. The van der Waals surface area contributed by atoms with Crippen molar-refractivity contribution in [1.82, 2.24) is 4.98 Å². The van der Waals surface area contributed by atoms with Crippen LogP contribution in [0.3, 0.4) is 0 Å². The van der Waals surface area contributed by atoms with Crippen LogP contribution in [-0.2, 0) is 6.42 Å². The fraction of sp³-hybridized carbons (Fsp3) is 0.182. The van der Waals surface area contributed by atoms with Crippen LogP contribution < -0.4 is 10.2 Å². The number of anilines is 2. The number of aryl methyl sites for hydroxylation is 2. The second kappa shape index (κ2) is 6.64. The number of hydrogen-bond donors (Lipinski definition) is 1. The zero-order chi connectivity index (χ0) is 18.1. The maximum Gasteiger partial charge on any atom is 0.261 e. The van der Waals surface area contributed by atoms with Crippen LogP contribution >= 0.6 is 0 Å². The molecule has 0 saturated heterocycles. The molecule has 1 aliphatic rings. The van der Waals surface area contributed by atoms with Crippen LogP contribution in [0.25, 0.3) is 0 Å². The molecule has 1 aromatic heterocycles. The summed E-state index contributed by atoms with van der Waals surface area (Å²) in [5.74, 6) is 0.631. The second-order valence-electron chi connectivity index (χ2n) is 6.51. The minimum Gasteiger partial charge on any atom is -0.361 e. The molecule has 1 aliphatic heterocycles. The molecular weight excluding hydrogens is 322 g/mol. The molecule has 0 spiro atoms.